The molecule has 17 heavy (non-hydrogen) atoms. The number of aromatic nitrogens is 2. The fourth-order valence-electron chi connectivity index (χ4n) is 1.86. The van der Waals surface area contributed by atoms with Gasteiger partial charge in [-0.2, -0.15) is 5.10 Å². The molecule has 1 fully saturated rings. The molecule has 1 aromatic rings. The van der Waals surface area contributed by atoms with Crippen LogP contribution in [-0.2, 0) is 11.3 Å². The van der Waals surface area contributed by atoms with Crippen LogP contribution in [-0.4, -0.2) is 35.8 Å². The van der Waals surface area contributed by atoms with Gasteiger partial charge in [0.1, 0.15) is 5.69 Å². The number of methoxy groups -OCH3 is 1. The molecule has 0 amide bonds. The van der Waals surface area contributed by atoms with Gasteiger partial charge in [0.15, 0.2) is 5.78 Å². The lowest BCUT2D eigenvalue weighted by Gasteiger charge is -2.13. The van der Waals surface area contributed by atoms with Crippen molar-refractivity contribution in [2.75, 3.05) is 20.3 Å². The van der Waals surface area contributed by atoms with Crippen LogP contribution in [0.25, 0.3) is 0 Å². The largest absolute Gasteiger partial charge is 0.383 e. The van der Waals surface area contributed by atoms with E-state index in [9.17, 15) is 4.79 Å². The normalized spacial score (nSPS) is 17.1. The van der Waals surface area contributed by atoms with Crippen LogP contribution >= 0.6 is 11.6 Å². The zero-order chi connectivity index (χ0) is 12.5. The molecule has 0 unspecified atom stereocenters. The van der Waals surface area contributed by atoms with E-state index in [-0.39, 0.29) is 5.78 Å². The molecule has 0 aromatic carbocycles. The van der Waals surface area contributed by atoms with Crippen LogP contribution in [0, 0.1) is 5.41 Å². The van der Waals surface area contributed by atoms with Crippen LogP contribution < -0.4 is 5.73 Å². The van der Waals surface area contributed by atoms with Gasteiger partial charge in [-0.1, -0.05) is 11.6 Å². The van der Waals surface area contributed by atoms with Crippen molar-refractivity contribution in [2.24, 2.45) is 11.1 Å². The minimum absolute atomic E-state index is 0.0126. The first-order chi connectivity index (χ1) is 8.14. The second-order valence-corrected chi connectivity index (χ2v) is 4.78. The van der Waals surface area contributed by atoms with Gasteiger partial charge in [-0.15, -0.1) is 0 Å². The quantitative estimate of drug-likeness (QED) is 0.775. The Kier molecular flexibility index (Phi) is 3.51. The summed E-state index contributed by atoms with van der Waals surface area (Å²) in [5.74, 6) is 0.0126. The number of rotatable bonds is 6. The molecule has 1 saturated carbocycles. The second-order valence-electron chi connectivity index (χ2n) is 4.37. The first kappa shape index (κ1) is 12.5. The summed E-state index contributed by atoms with van der Waals surface area (Å²) < 4.78 is 6.58. The highest BCUT2D eigenvalue weighted by atomic mass is 35.5. The number of ether oxygens (including phenoxy) is 1. The standard InChI is InChI=1S/C11H16ClN3O2/c1-17-5-4-15-9(8(12)6-14-15)10(16)11(7-13)2-3-11/h6H,2-5,7,13H2,1H3. The molecule has 0 spiro atoms. The fourth-order valence-corrected chi connectivity index (χ4v) is 2.09. The number of nitrogens with two attached hydrogens (primary N) is 1. The fraction of sp³-hybridized carbons (Fsp3) is 0.636. The number of carbonyl (C=O) groups excluding carboxylic acids is 1. The van der Waals surface area contributed by atoms with Gasteiger partial charge in [-0.25, -0.2) is 0 Å². The highest BCUT2D eigenvalue weighted by molar-refractivity contribution is 6.34. The van der Waals surface area contributed by atoms with E-state index < -0.39 is 5.41 Å². The van der Waals surface area contributed by atoms with Gasteiger partial charge in [0.2, 0.25) is 0 Å². The predicted molar refractivity (Wildman–Crippen MR) is 64.2 cm³/mol. The number of Topliss-reactive ketones (excluding diaryl/α,β-unsaturated/α-hetero) is 1. The zero-order valence-electron chi connectivity index (χ0n) is 9.78. The predicted octanol–water partition coefficient (Wildman–Crippen LogP) is 1.10. The molecule has 0 bridgehead atoms. The van der Waals surface area contributed by atoms with Crippen LogP contribution in [0.5, 0.6) is 0 Å². The van der Waals surface area contributed by atoms with Crippen LogP contribution in [0.1, 0.15) is 23.3 Å². The number of hydrogen-bond acceptors (Lipinski definition) is 4. The summed E-state index contributed by atoms with van der Waals surface area (Å²) >= 11 is 6.02. The minimum atomic E-state index is -0.394. The summed E-state index contributed by atoms with van der Waals surface area (Å²) in [6, 6.07) is 0. The third-order valence-electron chi connectivity index (χ3n) is 3.24. The van der Waals surface area contributed by atoms with Crippen molar-refractivity contribution in [3.05, 3.63) is 16.9 Å². The van der Waals surface area contributed by atoms with Crippen molar-refractivity contribution >= 4 is 17.4 Å². The highest BCUT2D eigenvalue weighted by Gasteiger charge is 2.50. The molecule has 0 aliphatic heterocycles. The summed E-state index contributed by atoms with van der Waals surface area (Å²) in [6.45, 7) is 1.39. The molecular formula is C11H16ClN3O2. The van der Waals surface area contributed by atoms with E-state index in [1.165, 1.54) is 6.20 Å². The lowest BCUT2D eigenvalue weighted by molar-refractivity contribution is 0.0891. The summed E-state index contributed by atoms with van der Waals surface area (Å²) in [4.78, 5) is 12.4. The molecule has 1 heterocycles. The molecule has 5 nitrogen and oxygen atoms in total. The maximum atomic E-state index is 12.4. The first-order valence-corrected chi connectivity index (χ1v) is 5.97. The van der Waals surface area contributed by atoms with Crippen molar-refractivity contribution < 1.29 is 9.53 Å². The minimum Gasteiger partial charge on any atom is -0.383 e. The number of halogens is 1. The Morgan fingerprint density at radius 2 is 2.41 bits per heavy atom. The third kappa shape index (κ3) is 2.22. The molecule has 1 aromatic heterocycles. The molecule has 2 N–H and O–H groups in total. The molecule has 0 saturated heterocycles. The summed E-state index contributed by atoms with van der Waals surface area (Å²) in [6.07, 6.45) is 3.18. The molecule has 94 valence electrons. The van der Waals surface area contributed by atoms with Gasteiger partial charge in [0.05, 0.1) is 24.4 Å². The summed E-state index contributed by atoms with van der Waals surface area (Å²) in [5.41, 5.74) is 5.73. The van der Waals surface area contributed by atoms with Crippen molar-refractivity contribution in [3.8, 4) is 0 Å². The molecule has 1 aliphatic carbocycles. The number of ketones is 1. The molecule has 6 heteroatoms. The zero-order valence-corrected chi connectivity index (χ0v) is 10.5. The van der Waals surface area contributed by atoms with Gasteiger partial charge >= 0.3 is 0 Å². The van der Waals surface area contributed by atoms with Crippen LogP contribution in [0.4, 0.5) is 0 Å². The summed E-state index contributed by atoms with van der Waals surface area (Å²) in [7, 11) is 1.61. The van der Waals surface area contributed by atoms with Gasteiger partial charge in [-0.3, -0.25) is 9.48 Å². The Bertz CT molecular complexity index is 426. The Morgan fingerprint density at radius 3 is 2.94 bits per heavy atom. The topological polar surface area (TPSA) is 70.1 Å². The lowest BCUT2D eigenvalue weighted by Crippen LogP contribution is -2.28. The SMILES string of the molecule is COCCn1ncc(Cl)c1C(=O)C1(CN)CC1. The average molecular weight is 258 g/mol. The maximum absolute atomic E-state index is 12.4. The Labute approximate surface area is 105 Å². The third-order valence-corrected chi connectivity index (χ3v) is 3.52. The van der Waals surface area contributed by atoms with E-state index in [0.717, 1.165) is 12.8 Å². The monoisotopic (exact) mass is 257 g/mol. The van der Waals surface area contributed by atoms with E-state index in [0.29, 0.717) is 30.4 Å². The van der Waals surface area contributed by atoms with Gasteiger partial charge in [0.25, 0.3) is 0 Å². The van der Waals surface area contributed by atoms with Gasteiger partial charge in [-0.05, 0) is 12.8 Å². The molecule has 0 atom stereocenters. The smallest absolute Gasteiger partial charge is 0.189 e. The van der Waals surface area contributed by atoms with Crippen molar-refractivity contribution in [1.29, 1.82) is 0 Å². The highest BCUT2D eigenvalue weighted by Crippen LogP contribution is 2.47. The van der Waals surface area contributed by atoms with Crippen LogP contribution in [0.15, 0.2) is 6.20 Å². The van der Waals surface area contributed by atoms with E-state index in [1.807, 2.05) is 0 Å². The van der Waals surface area contributed by atoms with Gasteiger partial charge in [0, 0.05) is 19.1 Å². The number of hydrogen-bond donors (Lipinski definition) is 1. The first-order valence-electron chi connectivity index (χ1n) is 5.60. The van der Waals surface area contributed by atoms with E-state index in [2.05, 4.69) is 5.10 Å². The summed E-state index contributed by atoms with van der Waals surface area (Å²) in [5, 5.41) is 4.49. The Morgan fingerprint density at radius 1 is 1.71 bits per heavy atom. The molecule has 0 radical (unpaired) electrons. The van der Waals surface area contributed by atoms with E-state index in [4.69, 9.17) is 22.1 Å². The Hall–Kier alpha value is -0.910. The van der Waals surface area contributed by atoms with Crippen LogP contribution in [0.2, 0.25) is 5.02 Å². The molecule has 2 rings (SSSR count). The van der Waals surface area contributed by atoms with Crippen molar-refractivity contribution in [2.45, 2.75) is 19.4 Å². The number of carbonyl (C=O) groups is 1. The lowest BCUT2D eigenvalue weighted by atomic mass is 9.98. The van der Waals surface area contributed by atoms with Gasteiger partial charge < -0.3 is 10.5 Å². The van der Waals surface area contributed by atoms with Crippen molar-refractivity contribution in [3.63, 3.8) is 0 Å². The van der Waals surface area contributed by atoms with E-state index >= 15 is 0 Å². The van der Waals surface area contributed by atoms with E-state index in [1.54, 1.807) is 11.8 Å². The molecule has 1 aliphatic rings. The van der Waals surface area contributed by atoms with Crippen molar-refractivity contribution in [1.82, 2.24) is 9.78 Å². The maximum Gasteiger partial charge on any atom is 0.189 e. The van der Waals surface area contributed by atoms with Crippen LogP contribution in [0.3, 0.4) is 0 Å². The Balaban J connectivity index is 2.24. The molecular weight excluding hydrogens is 242 g/mol. The second kappa shape index (κ2) is 4.76. The number of nitrogens with zero attached hydrogens (tertiary/aromatic N) is 2. The average Bonchev–Trinajstić information content (AvgIpc) is 3.05.